The molecule has 2 amide bonds. The van der Waals surface area contributed by atoms with Gasteiger partial charge in [0, 0.05) is 48.1 Å². The number of ether oxygens (including phenoxy) is 1. The molecule has 2 aromatic carbocycles. The summed E-state index contributed by atoms with van der Waals surface area (Å²) in [6.07, 6.45) is 4.72. The van der Waals surface area contributed by atoms with Crippen LogP contribution in [0.25, 0.3) is 22.3 Å². The summed E-state index contributed by atoms with van der Waals surface area (Å²) in [5.74, 6) is -0.929. The maximum absolute atomic E-state index is 16.0. The van der Waals surface area contributed by atoms with Crippen LogP contribution in [0.1, 0.15) is 74.1 Å². The van der Waals surface area contributed by atoms with Crippen LogP contribution in [-0.4, -0.2) is 59.6 Å². The number of hydrogen-bond donors (Lipinski definition) is 2. The molecule has 13 heteroatoms. The zero-order valence-electron chi connectivity index (χ0n) is 27.8. The molecule has 0 unspecified atom stereocenters. The van der Waals surface area contributed by atoms with Gasteiger partial charge in [-0.1, -0.05) is 18.2 Å². The van der Waals surface area contributed by atoms with Crippen LogP contribution >= 0.6 is 0 Å². The van der Waals surface area contributed by atoms with E-state index in [1.165, 1.54) is 12.4 Å². The van der Waals surface area contributed by atoms with Gasteiger partial charge < -0.3 is 20.7 Å². The van der Waals surface area contributed by atoms with Gasteiger partial charge in [0.2, 0.25) is 0 Å². The number of carbonyl (C=O) groups excluding carboxylic acids is 2. The number of benzene rings is 2. The number of hydrogen-bond acceptors (Lipinski definition) is 7. The first-order chi connectivity index (χ1) is 23.5. The number of halogens is 1. The highest BCUT2D eigenvalue weighted by molar-refractivity contribution is 6.05. The molecule has 49 heavy (non-hydrogen) atoms. The van der Waals surface area contributed by atoms with Crippen LogP contribution in [0.5, 0.6) is 0 Å². The van der Waals surface area contributed by atoms with E-state index < -0.39 is 22.9 Å². The third-order valence-corrected chi connectivity index (χ3v) is 9.20. The van der Waals surface area contributed by atoms with E-state index in [0.29, 0.717) is 61.4 Å². The summed E-state index contributed by atoms with van der Waals surface area (Å²) >= 11 is 0. The number of amides is 2. The van der Waals surface area contributed by atoms with Crippen LogP contribution in [0.3, 0.4) is 0 Å². The number of anilines is 2. The summed E-state index contributed by atoms with van der Waals surface area (Å²) in [6, 6.07) is 15.6. The monoisotopic (exact) mass is 666 g/mol. The van der Waals surface area contributed by atoms with E-state index in [1.807, 2.05) is 61.9 Å². The Bertz CT molecular complexity index is 2120. The molecular weight excluding hydrogens is 627 g/mol. The van der Waals surface area contributed by atoms with E-state index in [0.717, 1.165) is 18.5 Å². The summed E-state index contributed by atoms with van der Waals surface area (Å²) in [5.41, 5.74) is 9.09. The maximum Gasteiger partial charge on any atom is 0.410 e. The molecule has 1 fully saturated rings. The van der Waals surface area contributed by atoms with E-state index in [-0.39, 0.29) is 34.6 Å². The van der Waals surface area contributed by atoms with Crippen molar-refractivity contribution in [1.29, 1.82) is 0 Å². The Morgan fingerprint density at radius 1 is 1.00 bits per heavy atom. The van der Waals surface area contributed by atoms with Gasteiger partial charge in [-0.25, -0.2) is 23.4 Å². The van der Waals surface area contributed by atoms with Crippen molar-refractivity contribution in [3.63, 3.8) is 0 Å². The van der Waals surface area contributed by atoms with Crippen molar-refractivity contribution in [3.05, 3.63) is 94.0 Å². The summed E-state index contributed by atoms with van der Waals surface area (Å²) in [4.78, 5) is 45.8. The van der Waals surface area contributed by atoms with Crippen molar-refractivity contribution in [2.24, 2.45) is 0 Å². The SMILES string of the molecule is CC(C)(C)OC(=O)N1CCC(c2cc(-c3ccc(NC(=O)c4c5n(n(-c6ccccc6)c4=O)CCCC5)cc3F)c3c(N)ncnn23)CC1. The lowest BCUT2D eigenvalue weighted by molar-refractivity contribution is 0.0203. The maximum atomic E-state index is 16.0. The van der Waals surface area contributed by atoms with Crippen molar-refractivity contribution in [3.8, 4) is 16.8 Å². The molecule has 0 atom stereocenters. The fourth-order valence-corrected chi connectivity index (χ4v) is 6.96. The van der Waals surface area contributed by atoms with Crippen molar-refractivity contribution in [1.82, 2.24) is 28.9 Å². The fraction of sp³-hybridized carbons (Fsp3) is 0.361. The van der Waals surface area contributed by atoms with Gasteiger partial charge in [-0.3, -0.25) is 14.3 Å². The topological polar surface area (TPSA) is 142 Å². The highest BCUT2D eigenvalue weighted by atomic mass is 19.1. The first-order valence-electron chi connectivity index (χ1n) is 16.6. The summed E-state index contributed by atoms with van der Waals surface area (Å²) in [6.45, 7) is 7.16. The van der Waals surface area contributed by atoms with E-state index in [1.54, 1.807) is 26.2 Å². The number of piperidine rings is 1. The molecular formula is C36H39FN8O4. The molecule has 0 radical (unpaired) electrons. The van der Waals surface area contributed by atoms with Gasteiger partial charge in [-0.2, -0.15) is 5.10 Å². The number of nitrogens with one attached hydrogen (secondary N) is 1. The smallest absolute Gasteiger partial charge is 0.410 e. The second-order valence-electron chi connectivity index (χ2n) is 13.6. The first kappa shape index (κ1) is 32.1. The molecule has 0 aliphatic carbocycles. The lowest BCUT2D eigenvalue weighted by Gasteiger charge is -2.33. The molecule has 5 aromatic rings. The third-order valence-electron chi connectivity index (χ3n) is 9.20. The highest BCUT2D eigenvalue weighted by Gasteiger charge is 2.31. The zero-order chi connectivity index (χ0) is 34.4. The minimum atomic E-state index is -0.583. The number of nitrogen functional groups attached to an aromatic ring is 1. The van der Waals surface area contributed by atoms with E-state index in [9.17, 15) is 14.4 Å². The molecule has 2 aliphatic heterocycles. The van der Waals surface area contributed by atoms with Crippen molar-refractivity contribution >= 4 is 29.0 Å². The van der Waals surface area contributed by atoms with Crippen molar-refractivity contribution in [2.45, 2.75) is 70.9 Å². The molecule has 2 aliphatic rings. The molecule has 7 rings (SSSR count). The van der Waals surface area contributed by atoms with Crippen molar-refractivity contribution in [2.75, 3.05) is 24.1 Å². The molecule has 0 spiro atoms. The Morgan fingerprint density at radius 3 is 2.47 bits per heavy atom. The quantitative estimate of drug-likeness (QED) is 0.243. The highest BCUT2D eigenvalue weighted by Crippen LogP contribution is 2.38. The summed E-state index contributed by atoms with van der Waals surface area (Å²) in [5, 5.41) is 7.22. The van der Waals surface area contributed by atoms with Crippen LogP contribution in [0, 0.1) is 5.82 Å². The standard InChI is InChI=1S/C36H39FN8O4/c1-36(2,3)49-35(48)42-17-14-22(15-18-42)29-20-26(31-32(38)39-21-40-44(29)31)25-13-12-23(19-27(25)37)41-33(46)30-28-11-7-8-16-43(28)45(34(30)47)24-9-5-4-6-10-24/h4-6,9-10,12-13,19-22H,7-8,11,14-18H2,1-3H3,(H,41,46)(H2,38,39,40). The van der Waals surface area contributed by atoms with Crippen LogP contribution in [0.4, 0.5) is 20.7 Å². The average molecular weight is 667 g/mol. The molecule has 0 saturated carbocycles. The third kappa shape index (κ3) is 6.05. The summed E-state index contributed by atoms with van der Waals surface area (Å²) < 4.78 is 26.7. The minimum Gasteiger partial charge on any atom is -0.444 e. The van der Waals surface area contributed by atoms with Gasteiger partial charge in [0.15, 0.2) is 5.82 Å². The van der Waals surface area contributed by atoms with Gasteiger partial charge in [-0.15, -0.1) is 0 Å². The number of para-hydroxylation sites is 1. The Balaban J connectivity index is 1.16. The molecule has 12 nitrogen and oxygen atoms in total. The molecule has 3 N–H and O–H groups in total. The molecule has 254 valence electrons. The average Bonchev–Trinajstić information content (AvgIpc) is 3.60. The first-order valence-corrected chi connectivity index (χ1v) is 16.6. The van der Waals surface area contributed by atoms with Gasteiger partial charge in [0.05, 0.1) is 11.4 Å². The van der Waals surface area contributed by atoms with Crippen molar-refractivity contribution < 1.29 is 18.7 Å². The number of fused-ring (bicyclic) bond motifs is 2. The number of carbonyl (C=O) groups is 2. The van der Waals surface area contributed by atoms with Gasteiger partial charge in [0.1, 0.15) is 28.8 Å². The van der Waals surface area contributed by atoms with Gasteiger partial charge >= 0.3 is 6.09 Å². The van der Waals surface area contributed by atoms with Gasteiger partial charge in [-0.05, 0) is 89.3 Å². The predicted molar refractivity (Wildman–Crippen MR) is 183 cm³/mol. The largest absolute Gasteiger partial charge is 0.444 e. The van der Waals surface area contributed by atoms with E-state index in [2.05, 4.69) is 15.4 Å². The number of nitrogens with zero attached hydrogens (tertiary/aromatic N) is 6. The Morgan fingerprint density at radius 2 is 1.76 bits per heavy atom. The predicted octanol–water partition coefficient (Wildman–Crippen LogP) is 5.77. The zero-order valence-corrected chi connectivity index (χ0v) is 27.8. The lowest BCUT2D eigenvalue weighted by atomic mass is 9.93. The number of aromatic nitrogens is 5. The normalized spacial score (nSPS) is 15.3. The van der Waals surface area contributed by atoms with Crippen LogP contribution in [0.2, 0.25) is 0 Å². The Labute approximate surface area is 282 Å². The molecule has 0 bridgehead atoms. The number of nitrogens with two attached hydrogens (primary N) is 1. The van der Waals surface area contributed by atoms with E-state index in [4.69, 9.17) is 10.5 Å². The second-order valence-corrected chi connectivity index (χ2v) is 13.6. The second kappa shape index (κ2) is 12.5. The Hall–Kier alpha value is -5.46. The van der Waals surface area contributed by atoms with E-state index >= 15 is 4.39 Å². The Kier molecular flexibility index (Phi) is 8.21. The van der Waals surface area contributed by atoms with Crippen LogP contribution in [0.15, 0.2) is 65.7 Å². The summed E-state index contributed by atoms with van der Waals surface area (Å²) in [7, 11) is 0. The van der Waals surface area contributed by atoms with Crippen LogP contribution in [-0.2, 0) is 17.7 Å². The van der Waals surface area contributed by atoms with Crippen LogP contribution < -0.4 is 16.6 Å². The lowest BCUT2D eigenvalue weighted by Crippen LogP contribution is -2.41. The number of rotatable bonds is 5. The molecule has 1 saturated heterocycles. The molecule has 5 heterocycles. The van der Waals surface area contributed by atoms with Gasteiger partial charge in [0.25, 0.3) is 11.5 Å². The number of likely N-dealkylation sites (tertiary alicyclic amines) is 1. The fourth-order valence-electron chi connectivity index (χ4n) is 6.96. The molecule has 3 aromatic heterocycles. The minimum absolute atomic E-state index is 0.0316.